The molecule has 1 nitrogen and oxygen atoms in total. The molecule has 2 unspecified atom stereocenters. The molecule has 1 fully saturated rings. The van der Waals surface area contributed by atoms with Crippen molar-refractivity contribution < 1.29 is 4.74 Å². The van der Waals surface area contributed by atoms with Gasteiger partial charge in [0.2, 0.25) is 0 Å². The van der Waals surface area contributed by atoms with Gasteiger partial charge < -0.3 is 4.74 Å². The van der Waals surface area contributed by atoms with E-state index in [-0.39, 0.29) is 0 Å². The minimum atomic E-state index is 0.453. The topological polar surface area (TPSA) is 9.23 Å². The molecule has 0 spiro atoms. The summed E-state index contributed by atoms with van der Waals surface area (Å²) in [7, 11) is 0. The molecule has 0 heterocycles. The normalized spacial score (nSPS) is 30.0. The van der Waals surface area contributed by atoms with Crippen LogP contribution in [0.2, 0.25) is 0 Å². The summed E-state index contributed by atoms with van der Waals surface area (Å²) in [5, 5.41) is 0. The smallest absolute Gasteiger partial charge is 0.0579 e. The van der Waals surface area contributed by atoms with Crippen LogP contribution >= 0.6 is 0 Å². The third-order valence-corrected chi connectivity index (χ3v) is 4.27. The molecule has 0 saturated heterocycles. The highest BCUT2D eigenvalue weighted by atomic mass is 16.5. The van der Waals surface area contributed by atoms with Gasteiger partial charge in [0.1, 0.15) is 0 Å². The zero-order valence-electron chi connectivity index (χ0n) is 11.7. The number of hydrogen-bond acceptors (Lipinski definition) is 1. The summed E-state index contributed by atoms with van der Waals surface area (Å²) in [6.07, 6.45) is 10.3. The Hall–Kier alpha value is -0.0400. The highest BCUT2D eigenvalue weighted by Crippen LogP contribution is 2.33. The predicted octanol–water partition coefficient (Wildman–Crippen LogP) is 4.80. The zero-order valence-corrected chi connectivity index (χ0v) is 11.7. The monoisotopic (exact) mass is 226 g/mol. The van der Waals surface area contributed by atoms with Crippen LogP contribution in [-0.4, -0.2) is 12.2 Å². The predicted molar refractivity (Wildman–Crippen MR) is 70.7 cm³/mol. The maximum Gasteiger partial charge on any atom is 0.0579 e. The average Bonchev–Trinajstić information content (AvgIpc) is 2.30. The van der Waals surface area contributed by atoms with E-state index in [1.54, 1.807) is 0 Å². The number of hydrogen-bond donors (Lipinski definition) is 0. The summed E-state index contributed by atoms with van der Waals surface area (Å²) in [5.74, 6) is 1.89. The van der Waals surface area contributed by atoms with Crippen LogP contribution in [0, 0.1) is 11.8 Å². The maximum absolute atomic E-state index is 6.03. The van der Waals surface area contributed by atoms with Crippen LogP contribution in [0.15, 0.2) is 0 Å². The average molecular weight is 226 g/mol. The lowest BCUT2D eigenvalue weighted by molar-refractivity contribution is -0.0332. The Balaban J connectivity index is 2.23. The lowest BCUT2D eigenvalue weighted by Crippen LogP contribution is -2.27. The van der Waals surface area contributed by atoms with E-state index in [0.29, 0.717) is 12.2 Å². The Morgan fingerprint density at radius 1 is 1.06 bits per heavy atom. The molecule has 0 amide bonds. The fourth-order valence-electron chi connectivity index (χ4n) is 2.91. The Labute approximate surface area is 102 Å². The first-order chi connectivity index (χ1) is 7.67. The quantitative estimate of drug-likeness (QED) is 0.632. The molecular formula is C15H30O. The Morgan fingerprint density at radius 3 is 2.19 bits per heavy atom. The van der Waals surface area contributed by atoms with Gasteiger partial charge in [0, 0.05) is 0 Å². The molecule has 2 atom stereocenters. The minimum absolute atomic E-state index is 0.453. The second-order valence-corrected chi connectivity index (χ2v) is 5.66. The van der Waals surface area contributed by atoms with Crippen LogP contribution in [0.25, 0.3) is 0 Å². The van der Waals surface area contributed by atoms with Gasteiger partial charge in [0.15, 0.2) is 0 Å². The van der Waals surface area contributed by atoms with E-state index in [4.69, 9.17) is 4.74 Å². The van der Waals surface area contributed by atoms with E-state index < -0.39 is 0 Å². The first-order valence-corrected chi connectivity index (χ1v) is 7.32. The van der Waals surface area contributed by atoms with Crippen molar-refractivity contribution in [2.75, 3.05) is 0 Å². The zero-order chi connectivity index (χ0) is 12.0. The van der Waals surface area contributed by atoms with E-state index in [1.165, 1.54) is 38.5 Å². The Kier molecular flexibility index (Phi) is 6.41. The summed E-state index contributed by atoms with van der Waals surface area (Å²) < 4.78 is 6.03. The van der Waals surface area contributed by atoms with Gasteiger partial charge in [-0.05, 0) is 50.9 Å². The molecule has 0 bridgehead atoms. The van der Waals surface area contributed by atoms with Gasteiger partial charge >= 0.3 is 0 Å². The highest BCUT2D eigenvalue weighted by Gasteiger charge is 2.25. The third kappa shape index (κ3) is 4.45. The largest absolute Gasteiger partial charge is 0.375 e. The molecule has 0 aromatic rings. The molecule has 0 radical (unpaired) electrons. The lowest BCUT2D eigenvalue weighted by atomic mass is 9.78. The molecule has 96 valence electrons. The van der Waals surface area contributed by atoms with E-state index in [2.05, 4.69) is 27.7 Å². The van der Waals surface area contributed by atoms with Crippen LogP contribution in [0.3, 0.4) is 0 Å². The van der Waals surface area contributed by atoms with Crippen LogP contribution in [0.1, 0.15) is 72.6 Å². The summed E-state index contributed by atoms with van der Waals surface area (Å²) in [5.41, 5.74) is 0. The molecule has 1 heteroatoms. The van der Waals surface area contributed by atoms with Crippen molar-refractivity contribution in [2.24, 2.45) is 11.8 Å². The molecule has 0 N–H and O–H groups in total. The number of ether oxygens (including phenoxy) is 1. The lowest BCUT2D eigenvalue weighted by Gasteiger charge is -2.33. The van der Waals surface area contributed by atoms with Crippen molar-refractivity contribution in [3.63, 3.8) is 0 Å². The molecule has 16 heavy (non-hydrogen) atoms. The maximum atomic E-state index is 6.03. The molecule has 1 saturated carbocycles. The Morgan fingerprint density at radius 2 is 1.69 bits per heavy atom. The van der Waals surface area contributed by atoms with E-state index >= 15 is 0 Å². The fraction of sp³-hybridized carbons (Fsp3) is 1.00. The van der Waals surface area contributed by atoms with Crippen molar-refractivity contribution in [2.45, 2.75) is 84.8 Å². The first kappa shape index (κ1) is 14.0. The van der Waals surface area contributed by atoms with Crippen LogP contribution in [0.5, 0.6) is 0 Å². The van der Waals surface area contributed by atoms with Gasteiger partial charge in [0.25, 0.3) is 0 Å². The van der Waals surface area contributed by atoms with Crippen molar-refractivity contribution >= 4 is 0 Å². The van der Waals surface area contributed by atoms with Crippen molar-refractivity contribution in [3.8, 4) is 0 Å². The standard InChI is InChI=1S/C15H30O/c1-5-7-12(3)14-8-10-15(11-9-14)16-13(4)6-2/h12-15H,5-11H2,1-4H3. The molecule has 0 aromatic heterocycles. The van der Waals surface area contributed by atoms with E-state index in [0.717, 1.165) is 18.3 Å². The fourth-order valence-corrected chi connectivity index (χ4v) is 2.91. The van der Waals surface area contributed by atoms with Crippen LogP contribution < -0.4 is 0 Å². The van der Waals surface area contributed by atoms with Gasteiger partial charge in [-0.1, -0.05) is 33.6 Å². The summed E-state index contributed by atoms with van der Waals surface area (Å²) in [6, 6.07) is 0. The highest BCUT2D eigenvalue weighted by molar-refractivity contribution is 4.76. The molecule has 1 aliphatic rings. The molecule has 1 rings (SSSR count). The van der Waals surface area contributed by atoms with Crippen LogP contribution in [-0.2, 0) is 4.74 Å². The molecular weight excluding hydrogens is 196 g/mol. The summed E-state index contributed by atoms with van der Waals surface area (Å²) in [6.45, 7) is 9.14. The van der Waals surface area contributed by atoms with Crippen molar-refractivity contribution in [1.82, 2.24) is 0 Å². The third-order valence-electron chi connectivity index (χ3n) is 4.27. The minimum Gasteiger partial charge on any atom is -0.375 e. The van der Waals surface area contributed by atoms with Crippen molar-refractivity contribution in [1.29, 1.82) is 0 Å². The van der Waals surface area contributed by atoms with Gasteiger partial charge in [-0.25, -0.2) is 0 Å². The van der Waals surface area contributed by atoms with Gasteiger partial charge in [-0.3, -0.25) is 0 Å². The second kappa shape index (κ2) is 7.32. The van der Waals surface area contributed by atoms with Crippen LogP contribution in [0.4, 0.5) is 0 Å². The van der Waals surface area contributed by atoms with Crippen molar-refractivity contribution in [3.05, 3.63) is 0 Å². The first-order valence-electron chi connectivity index (χ1n) is 7.32. The van der Waals surface area contributed by atoms with E-state index in [9.17, 15) is 0 Å². The number of rotatable bonds is 6. The van der Waals surface area contributed by atoms with Gasteiger partial charge in [-0.2, -0.15) is 0 Å². The Bertz CT molecular complexity index is 170. The SMILES string of the molecule is CCCC(C)C1CCC(OC(C)CC)CC1. The molecule has 0 aliphatic heterocycles. The van der Waals surface area contributed by atoms with Gasteiger partial charge in [-0.15, -0.1) is 0 Å². The molecule has 1 aliphatic carbocycles. The molecule has 0 aromatic carbocycles. The van der Waals surface area contributed by atoms with Gasteiger partial charge in [0.05, 0.1) is 12.2 Å². The summed E-state index contributed by atoms with van der Waals surface area (Å²) in [4.78, 5) is 0. The second-order valence-electron chi connectivity index (χ2n) is 5.66. The van der Waals surface area contributed by atoms with E-state index in [1.807, 2.05) is 0 Å². The summed E-state index contributed by atoms with van der Waals surface area (Å²) >= 11 is 0.